The van der Waals surface area contributed by atoms with Crippen molar-refractivity contribution in [1.29, 1.82) is 0 Å². The number of thioether (sulfide) groups is 1. The van der Waals surface area contributed by atoms with E-state index in [1.54, 1.807) is 11.8 Å². The van der Waals surface area contributed by atoms with Gasteiger partial charge in [0.2, 0.25) is 0 Å². The Morgan fingerprint density at radius 1 is 1.67 bits per heavy atom. The maximum Gasteiger partial charge on any atom is 0.140 e. The molecule has 0 spiro atoms. The maximum atomic E-state index is 8.44. The number of amidine groups is 1. The number of nitrogens with zero attached hydrogens (tertiary/aromatic N) is 1. The molecule has 0 aliphatic rings. The number of rotatable bonds is 4. The van der Waals surface area contributed by atoms with Crippen LogP contribution in [-0.4, -0.2) is 16.3 Å². The SMILES string of the molecule is CC(CC(N)=NO)Sc1cccc(Br)c1. The van der Waals surface area contributed by atoms with Crippen molar-refractivity contribution in [2.45, 2.75) is 23.5 Å². The second-order valence-electron chi connectivity index (χ2n) is 3.18. The first-order valence-electron chi connectivity index (χ1n) is 4.50. The van der Waals surface area contributed by atoms with Gasteiger partial charge in [0.05, 0.1) is 0 Å². The first-order valence-corrected chi connectivity index (χ1v) is 6.17. The Labute approximate surface area is 102 Å². The summed E-state index contributed by atoms with van der Waals surface area (Å²) in [5.74, 6) is 0.269. The van der Waals surface area contributed by atoms with Crippen LogP contribution in [0.5, 0.6) is 0 Å². The molecule has 0 aromatic heterocycles. The molecule has 1 atom stereocenters. The molecule has 82 valence electrons. The standard InChI is InChI=1S/C10H13BrN2OS/c1-7(5-10(12)13-14)15-9-4-2-3-8(11)6-9/h2-4,6-7,14H,5H2,1H3,(H2,12,13). The zero-order chi connectivity index (χ0) is 11.3. The zero-order valence-corrected chi connectivity index (χ0v) is 10.8. The lowest BCUT2D eigenvalue weighted by molar-refractivity contribution is 0.317. The molecule has 15 heavy (non-hydrogen) atoms. The fourth-order valence-corrected chi connectivity index (χ4v) is 2.77. The molecule has 3 nitrogen and oxygen atoms in total. The van der Waals surface area contributed by atoms with Crippen LogP contribution in [0.1, 0.15) is 13.3 Å². The minimum atomic E-state index is 0.269. The second kappa shape index (κ2) is 6.02. The molecule has 1 rings (SSSR count). The highest BCUT2D eigenvalue weighted by Crippen LogP contribution is 2.27. The minimum absolute atomic E-state index is 0.269. The van der Waals surface area contributed by atoms with E-state index in [2.05, 4.69) is 21.1 Å². The van der Waals surface area contributed by atoms with Gasteiger partial charge in [0.15, 0.2) is 0 Å². The molecule has 0 radical (unpaired) electrons. The van der Waals surface area contributed by atoms with Gasteiger partial charge < -0.3 is 10.9 Å². The number of hydrogen-bond acceptors (Lipinski definition) is 3. The second-order valence-corrected chi connectivity index (χ2v) is 5.61. The molecule has 0 saturated carbocycles. The van der Waals surface area contributed by atoms with Crippen LogP contribution in [0.15, 0.2) is 38.8 Å². The lowest BCUT2D eigenvalue weighted by Gasteiger charge is -2.09. The normalized spacial score (nSPS) is 13.9. The van der Waals surface area contributed by atoms with Gasteiger partial charge in [-0.3, -0.25) is 0 Å². The average molecular weight is 289 g/mol. The maximum absolute atomic E-state index is 8.44. The Morgan fingerprint density at radius 3 is 3.00 bits per heavy atom. The largest absolute Gasteiger partial charge is 0.409 e. The topological polar surface area (TPSA) is 58.6 Å². The van der Waals surface area contributed by atoms with Crippen molar-refractivity contribution in [1.82, 2.24) is 0 Å². The summed E-state index contributed by atoms with van der Waals surface area (Å²) in [5.41, 5.74) is 5.43. The van der Waals surface area contributed by atoms with Crippen LogP contribution in [0.4, 0.5) is 0 Å². The lowest BCUT2D eigenvalue weighted by Crippen LogP contribution is -2.16. The Morgan fingerprint density at radius 2 is 2.40 bits per heavy atom. The van der Waals surface area contributed by atoms with Crippen molar-refractivity contribution < 1.29 is 5.21 Å². The first-order chi connectivity index (χ1) is 7.11. The van der Waals surface area contributed by atoms with Gasteiger partial charge in [-0.2, -0.15) is 0 Å². The predicted octanol–water partition coefficient (Wildman–Crippen LogP) is 3.07. The van der Waals surface area contributed by atoms with E-state index in [4.69, 9.17) is 10.9 Å². The molecule has 0 bridgehead atoms. The molecule has 1 aromatic carbocycles. The van der Waals surface area contributed by atoms with Gasteiger partial charge in [0.25, 0.3) is 0 Å². The van der Waals surface area contributed by atoms with E-state index in [0.29, 0.717) is 6.42 Å². The third-order valence-electron chi connectivity index (χ3n) is 1.76. The highest BCUT2D eigenvalue weighted by atomic mass is 79.9. The number of hydrogen-bond donors (Lipinski definition) is 2. The summed E-state index contributed by atoms with van der Waals surface area (Å²) in [6.45, 7) is 2.05. The molecule has 3 N–H and O–H groups in total. The van der Waals surface area contributed by atoms with Crippen LogP contribution in [0, 0.1) is 0 Å². The summed E-state index contributed by atoms with van der Waals surface area (Å²) in [4.78, 5) is 1.17. The van der Waals surface area contributed by atoms with Crippen molar-refractivity contribution in [3.8, 4) is 0 Å². The Hall–Kier alpha value is -0.680. The Bertz CT molecular complexity index is 357. The molecule has 0 heterocycles. The quantitative estimate of drug-likeness (QED) is 0.294. The van der Waals surface area contributed by atoms with E-state index in [0.717, 1.165) is 4.47 Å². The van der Waals surface area contributed by atoms with Crippen LogP contribution in [0.3, 0.4) is 0 Å². The fraction of sp³-hybridized carbons (Fsp3) is 0.300. The molecule has 1 aromatic rings. The van der Waals surface area contributed by atoms with Crippen LogP contribution in [-0.2, 0) is 0 Å². The molecule has 0 amide bonds. The third kappa shape index (κ3) is 4.57. The van der Waals surface area contributed by atoms with Crippen LogP contribution >= 0.6 is 27.7 Å². The van der Waals surface area contributed by atoms with Crippen LogP contribution < -0.4 is 5.73 Å². The molecule has 0 aliphatic heterocycles. The van der Waals surface area contributed by atoms with Crippen molar-refractivity contribution in [2.75, 3.05) is 0 Å². The van der Waals surface area contributed by atoms with E-state index in [1.165, 1.54) is 4.90 Å². The molecular formula is C10H13BrN2OS. The summed E-state index contributed by atoms with van der Waals surface area (Å²) in [6.07, 6.45) is 0.577. The van der Waals surface area contributed by atoms with Crippen molar-refractivity contribution >= 4 is 33.5 Å². The third-order valence-corrected chi connectivity index (χ3v) is 3.35. The number of oxime groups is 1. The van der Waals surface area contributed by atoms with E-state index in [-0.39, 0.29) is 11.1 Å². The van der Waals surface area contributed by atoms with Gasteiger partial charge in [-0.15, -0.1) is 11.8 Å². The Kier molecular flexibility index (Phi) is 4.98. The lowest BCUT2D eigenvalue weighted by atomic mass is 10.3. The number of nitrogens with two attached hydrogens (primary N) is 1. The fourth-order valence-electron chi connectivity index (χ4n) is 1.15. The number of benzene rings is 1. The highest BCUT2D eigenvalue weighted by molar-refractivity contribution is 9.10. The van der Waals surface area contributed by atoms with Crippen LogP contribution in [0.25, 0.3) is 0 Å². The molecule has 0 saturated heterocycles. The molecule has 0 aliphatic carbocycles. The summed E-state index contributed by atoms with van der Waals surface area (Å²) < 4.78 is 1.06. The highest BCUT2D eigenvalue weighted by Gasteiger charge is 2.07. The molecule has 1 unspecified atom stereocenters. The molecular weight excluding hydrogens is 276 g/mol. The van der Waals surface area contributed by atoms with Gasteiger partial charge in [-0.1, -0.05) is 34.1 Å². The minimum Gasteiger partial charge on any atom is -0.409 e. The summed E-state index contributed by atoms with van der Waals surface area (Å²) >= 11 is 5.11. The Balaban J connectivity index is 2.55. The molecule has 0 fully saturated rings. The molecule has 5 heteroatoms. The van der Waals surface area contributed by atoms with Crippen LogP contribution in [0.2, 0.25) is 0 Å². The van der Waals surface area contributed by atoms with E-state index in [9.17, 15) is 0 Å². The summed E-state index contributed by atoms with van der Waals surface area (Å²) in [5, 5.41) is 11.7. The smallest absolute Gasteiger partial charge is 0.140 e. The van der Waals surface area contributed by atoms with E-state index < -0.39 is 0 Å². The predicted molar refractivity (Wildman–Crippen MR) is 67.5 cm³/mol. The van der Waals surface area contributed by atoms with Crippen molar-refractivity contribution in [2.24, 2.45) is 10.9 Å². The van der Waals surface area contributed by atoms with Crippen molar-refractivity contribution in [3.05, 3.63) is 28.7 Å². The zero-order valence-electron chi connectivity index (χ0n) is 8.35. The average Bonchev–Trinajstić information content (AvgIpc) is 2.17. The van der Waals surface area contributed by atoms with Gasteiger partial charge in [0, 0.05) is 21.0 Å². The first kappa shape index (κ1) is 12.4. The summed E-state index contributed by atoms with van der Waals surface area (Å²) in [7, 11) is 0. The van der Waals surface area contributed by atoms with E-state index in [1.807, 2.05) is 31.2 Å². The monoisotopic (exact) mass is 288 g/mol. The van der Waals surface area contributed by atoms with Gasteiger partial charge in [0.1, 0.15) is 5.84 Å². The van der Waals surface area contributed by atoms with Gasteiger partial charge in [-0.25, -0.2) is 0 Å². The van der Waals surface area contributed by atoms with E-state index >= 15 is 0 Å². The number of halogens is 1. The van der Waals surface area contributed by atoms with Gasteiger partial charge in [-0.05, 0) is 18.2 Å². The van der Waals surface area contributed by atoms with Gasteiger partial charge >= 0.3 is 0 Å². The summed E-state index contributed by atoms with van der Waals surface area (Å²) in [6, 6.07) is 8.06. The van der Waals surface area contributed by atoms with Crippen molar-refractivity contribution in [3.63, 3.8) is 0 Å².